The van der Waals surface area contributed by atoms with Gasteiger partial charge in [0.15, 0.2) is 6.10 Å². The minimum atomic E-state index is -0.777. The molecule has 0 aliphatic heterocycles. The third-order valence-electron chi connectivity index (χ3n) is 15.9. The molecule has 0 aliphatic carbocycles. The van der Waals surface area contributed by atoms with Crippen molar-refractivity contribution in [2.24, 2.45) is 0 Å². The number of hydrogen-bond acceptors (Lipinski definition) is 6. The molecule has 0 fully saturated rings. The fourth-order valence-electron chi connectivity index (χ4n) is 10.6. The second-order valence-corrected chi connectivity index (χ2v) is 23.8. The van der Waals surface area contributed by atoms with E-state index in [9.17, 15) is 14.4 Å². The zero-order valence-electron chi connectivity index (χ0n) is 52.7. The third kappa shape index (κ3) is 64.5. The fourth-order valence-corrected chi connectivity index (χ4v) is 10.6. The molecule has 78 heavy (non-hydrogen) atoms. The Morgan fingerprint density at radius 2 is 0.462 bits per heavy atom. The van der Waals surface area contributed by atoms with E-state index in [1.807, 2.05) is 0 Å². The van der Waals surface area contributed by atoms with Gasteiger partial charge < -0.3 is 14.2 Å². The van der Waals surface area contributed by atoms with Crippen LogP contribution >= 0.6 is 0 Å². The monoisotopic (exact) mass is 1100 g/mol. The lowest BCUT2D eigenvalue weighted by Crippen LogP contribution is -2.30. The van der Waals surface area contributed by atoms with Gasteiger partial charge in [0.25, 0.3) is 0 Å². The van der Waals surface area contributed by atoms with Gasteiger partial charge in [-0.05, 0) is 77.0 Å². The van der Waals surface area contributed by atoms with Gasteiger partial charge in [-0.2, -0.15) is 0 Å². The Hall–Kier alpha value is -2.37. The molecular formula is C72H134O6. The van der Waals surface area contributed by atoms with E-state index in [1.165, 1.54) is 270 Å². The summed E-state index contributed by atoms with van der Waals surface area (Å²) in [5, 5.41) is 0. The average Bonchev–Trinajstić information content (AvgIpc) is 3.44. The van der Waals surface area contributed by atoms with Crippen LogP contribution in [0.3, 0.4) is 0 Å². The largest absolute Gasteiger partial charge is 0.462 e. The maximum atomic E-state index is 12.9. The Morgan fingerprint density at radius 3 is 0.731 bits per heavy atom. The summed E-state index contributed by atoms with van der Waals surface area (Å²) in [4.78, 5) is 38.4. The van der Waals surface area contributed by atoms with Gasteiger partial charge in [-0.25, -0.2) is 0 Å². The van der Waals surface area contributed by atoms with Gasteiger partial charge in [-0.1, -0.05) is 327 Å². The molecule has 0 amide bonds. The Labute approximate surface area is 486 Å². The summed E-state index contributed by atoms with van der Waals surface area (Å²) < 4.78 is 17.0. The SMILES string of the molecule is CCCCCC/C=C\C/C=C\CCCCCCCC(=O)OC(COC(=O)CCCCCCCCCCCCCCCCC)COC(=O)CCCCCCCCCCCCCCCCCCC/C=C\CCCCCCCCCC. The van der Waals surface area contributed by atoms with E-state index < -0.39 is 6.10 Å². The van der Waals surface area contributed by atoms with Crippen molar-refractivity contribution in [2.75, 3.05) is 13.2 Å². The molecule has 0 bridgehead atoms. The van der Waals surface area contributed by atoms with Crippen LogP contribution in [0.1, 0.15) is 387 Å². The van der Waals surface area contributed by atoms with E-state index in [2.05, 4.69) is 57.2 Å². The summed E-state index contributed by atoms with van der Waals surface area (Å²) in [7, 11) is 0. The number of rotatable bonds is 65. The molecule has 0 saturated carbocycles. The van der Waals surface area contributed by atoms with E-state index in [4.69, 9.17) is 14.2 Å². The highest BCUT2D eigenvalue weighted by Gasteiger charge is 2.19. The highest BCUT2D eigenvalue weighted by atomic mass is 16.6. The maximum Gasteiger partial charge on any atom is 0.306 e. The number of ether oxygens (including phenoxy) is 3. The molecular weight excluding hydrogens is 961 g/mol. The normalized spacial score (nSPS) is 12.2. The number of hydrogen-bond donors (Lipinski definition) is 0. The van der Waals surface area contributed by atoms with Crippen LogP contribution in [0.15, 0.2) is 36.5 Å². The Balaban J connectivity index is 4.19. The van der Waals surface area contributed by atoms with Crippen molar-refractivity contribution in [3.63, 3.8) is 0 Å². The summed E-state index contributed by atoms with van der Waals surface area (Å²) in [6.07, 6.45) is 83.2. The van der Waals surface area contributed by atoms with Gasteiger partial charge in [0, 0.05) is 19.3 Å². The van der Waals surface area contributed by atoms with Crippen molar-refractivity contribution in [2.45, 2.75) is 393 Å². The van der Waals surface area contributed by atoms with Gasteiger partial charge in [-0.3, -0.25) is 14.4 Å². The first kappa shape index (κ1) is 75.6. The van der Waals surface area contributed by atoms with Crippen molar-refractivity contribution in [3.05, 3.63) is 36.5 Å². The van der Waals surface area contributed by atoms with Crippen molar-refractivity contribution >= 4 is 17.9 Å². The summed E-state index contributed by atoms with van der Waals surface area (Å²) in [6, 6.07) is 0. The fraction of sp³-hybridized carbons (Fsp3) is 0.875. The molecule has 0 saturated heterocycles. The second kappa shape index (κ2) is 67.1. The van der Waals surface area contributed by atoms with E-state index in [0.29, 0.717) is 19.3 Å². The van der Waals surface area contributed by atoms with Crippen LogP contribution in [0.5, 0.6) is 0 Å². The minimum Gasteiger partial charge on any atom is -0.462 e. The summed E-state index contributed by atoms with van der Waals surface area (Å²) in [5.41, 5.74) is 0. The highest BCUT2D eigenvalue weighted by molar-refractivity contribution is 5.71. The van der Waals surface area contributed by atoms with Crippen LogP contribution < -0.4 is 0 Å². The number of unbranched alkanes of at least 4 members (excludes halogenated alkanes) is 48. The molecule has 1 unspecified atom stereocenters. The summed E-state index contributed by atoms with van der Waals surface area (Å²) in [6.45, 7) is 6.68. The van der Waals surface area contributed by atoms with E-state index in [-0.39, 0.29) is 31.1 Å². The van der Waals surface area contributed by atoms with Gasteiger partial charge in [0.05, 0.1) is 0 Å². The Bertz CT molecular complexity index is 1300. The standard InChI is InChI=1S/C72H134O6/c1-4-7-10-13-16-19-22-25-28-30-31-32-33-34-35-36-37-38-39-40-41-42-45-47-50-53-56-59-62-65-71(74)77-68-69(67-76-70(73)64-61-58-55-52-49-46-43-27-24-21-18-15-12-9-6-3)78-72(75)66-63-60-57-54-51-48-44-29-26-23-20-17-14-11-8-5-2/h20,23,29-31,44,69H,4-19,21-22,24-28,32-43,45-68H2,1-3H3/b23-20-,31-30-,44-29-. The Kier molecular flexibility index (Phi) is 65.1. The van der Waals surface area contributed by atoms with Gasteiger partial charge >= 0.3 is 17.9 Å². The summed E-state index contributed by atoms with van der Waals surface area (Å²) in [5.74, 6) is -0.858. The molecule has 0 heterocycles. The lowest BCUT2D eigenvalue weighted by atomic mass is 10.0. The lowest BCUT2D eigenvalue weighted by Gasteiger charge is -2.18. The predicted molar refractivity (Wildman–Crippen MR) is 339 cm³/mol. The maximum absolute atomic E-state index is 12.9. The molecule has 0 spiro atoms. The summed E-state index contributed by atoms with van der Waals surface area (Å²) >= 11 is 0. The predicted octanol–water partition coefficient (Wildman–Crippen LogP) is 23.9. The van der Waals surface area contributed by atoms with Crippen LogP contribution in [-0.4, -0.2) is 37.2 Å². The average molecular weight is 1100 g/mol. The molecule has 0 aliphatic rings. The van der Waals surface area contributed by atoms with Crippen LogP contribution in [0.2, 0.25) is 0 Å². The van der Waals surface area contributed by atoms with Crippen LogP contribution in [0, 0.1) is 0 Å². The molecule has 0 N–H and O–H groups in total. The van der Waals surface area contributed by atoms with Gasteiger partial charge in [0.2, 0.25) is 0 Å². The number of carbonyl (C=O) groups excluding carboxylic acids is 3. The number of allylic oxidation sites excluding steroid dienone is 6. The minimum absolute atomic E-state index is 0.0725. The molecule has 458 valence electrons. The molecule has 0 rings (SSSR count). The molecule has 6 nitrogen and oxygen atoms in total. The molecule has 6 heteroatoms. The van der Waals surface area contributed by atoms with Crippen molar-refractivity contribution < 1.29 is 28.6 Å². The Morgan fingerprint density at radius 1 is 0.256 bits per heavy atom. The molecule has 0 aromatic carbocycles. The first-order valence-electron chi connectivity index (χ1n) is 35.0. The van der Waals surface area contributed by atoms with Gasteiger partial charge in [-0.15, -0.1) is 0 Å². The zero-order chi connectivity index (χ0) is 56.4. The quantitative estimate of drug-likeness (QED) is 0.0261. The van der Waals surface area contributed by atoms with Crippen molar-refractivity contribution in [1.82, 2.24) is 0 Å². The third-order valence-corrected chi connectivity index (χ3v) is 15.9. The lowest BCUT2D eigenvalue weighted by molar-refractivity contribution is -0.167. The van der Waals surface area contributed by atoms with E-state index in [0.717, 1.165) is 77.0 Å². The molecule has 0 aromatic heterocycles. The van der Waals surface area contributed by atoms with Gasteiger partial charge in [0.1, 0.15) is 13.2 Å². The van der Waals surface area contributed by atoms with Crippen LogP contribution in [0.4, 0.5) is 0 Å². The smallest absolute Gasteiger partial charge is 0.306 e. The van der Waals surface area contributed by atoms with Crippen molar-refractivity contribution in [3.8, 4) is 0 Å². The topological polar surface area (TPSA) is 78.9 Å². The molecule has 0 radical (unpaired) electrons. The van der Waals surface area contributed by atoms with E-state index in [1.54, 1.807) is 0 Å². The molecule has 1 atom stereocenters. The zero-order valence-corrected chi connectivity index (χ0v) is 52.7. The highest BCUT2D eigenvalue weighted by Crippen LogP contribution is 2.18. The van der Waals surface area contributed by atoms with Crippen molar-refractivity contribution in [1.29, 1.82) is 0 Å². The molecule has 0 aromatic rings. The van der Waals surface area contributed by atoms with Crippen LogP contribution in [0.25, 0.3) is 0 Å². The number of esters is 3. The van der Waals surface area contributed by atoms with E-state index >= 15 is 0 Å². The first-order chi connectivity index (χ1) is 38.5. The van der Waals surface area contributed by atoms with Crippen LogP contribution in [-0.2, 0) is 28.6 Å². The number of carbonyl (C=O) groups is 3. The first-order valence-corrected chi connectivity index (χ1v) is 35.0. The second-order valence-electron chi connectivity index (χ2n) is 23.8.